The van der Waals surface area contributed by atoms with Gasteiger partial charge in [-0.15, -0.1) is 0 Å². The third-order valence-corrected chi connectivity index (χ3v) is 5.01. The van der Waals surface area contributed by atoms with E-state index in [1.807, 2.05) is 24.8 Å². The van der Waals surface area contributed by atoms with Gasteiger partial charge in [0.1, 0.15) is 12.6 Å². The molecule has 0 radical (unpaired) electrons. The summed E-state index contributed by atoms with van der Waals surface area (Å²) >= 11 is 0. The lowest BCUT2D eigenvalue weighted by Crippen LogP contribution is -2.40. The Morgan fingerprint density at radius 3 is 2.88 bits per heavy atom. The van der Waals surface area contributed by atoms with E-state index >= 15 is 0 Å². The zero-order valence-corrected chi connectivity index (χ0v) is 15.5. The van der Waals surface area contributed by atoms with Crippen LogP contribution >= 0.6 is 0 Å². The topological polar surface area (TPSA) is 77.0 Å². The van der Waals surface area contributed by atoms with Crippen LogP contribution in [0.1, 0.15) is 74.6 Å². The van der Waals surface area contributed by atoms with Gasteiger partial charge in [0.05, 0.1) is 5.69 Å². The SMILES string of the molecule is CCC(C)c1noc(C2CCCCN2C(=O)Cn2nc(C)cc2C)n1. The van der Waals surface area contributed by atoms with Gasteiger partial charge in [-0.3, -0.25) is 9.48 Å². The summed E-state index contributed by atoms with van der Waals surface area (Å²) in [6.07, 6.45) is 3.90. The van der Waals surface area contributed by atoms with Crippen molar-refractivity contribution in [3.8, 4) is 0 Å². The first-order chi connectivity index (χ1) is 12.0. The summed E-state index contributed by atoms with van der Waals surface area (Å²) < 4.78 is 7.27. The first kappa shape index (κ1) is 17.6. The summed E-state index contributed by atoms with van der Waals surface area (Å²) in [5, 5.41) is 8.51. The fourth-order valence-electron chi connectivity index (χ4n) is 3.31. The number of piperidine rings is 1. The van der Waals surface area contributed by atoms with Gasteiger partial charge < -0.3 is 9.42 Å². The van der Waals surface area contributed by atoms with E-state index in [-0.39, 0.29) is 24.4 Å². The third-order valence-electron chi connectivity index (χ3n) is 5.01. The summed E-state index contributed by atoms with van der Waals surface area (Å²) in [7, 11) is 0. The molecule has 1 aliphatic rings. The molecule has 1 amide bonds. The van der Waals surface area contributed by atoms with Gasteiger partial charge in [0.15, 0.2) is 5.82 Å². The Bertz CT molecular complexity index is 736. The molecule has 7 heteroatoms. The predicted molar refractivity (Wildman–Crippen MR) is 93.0 cm³/mol. The molecule has 0 saturated carbocycles. The summed E-state index contributed by atoms with van der Waals surface area (Å²) in [5.74, 6) is 1.62. The molecule has 3 rings (SSSR count). The highest BCUT2D eigenvalue weighted by Gasteiger charge is 2.32. The number of aromatic nitrogens is 4. The van der Waals surface area contributed by atoms with Gasteiger partial charge >= 0.3 is 0 Å². The third kappa shape index (κ3) is 3.75. The molecule has 2 aromatic heterocycles. The average molecular weight is 345 g/mol. The molecule has 0 aliphatic carbocycles. The van der Waals surface area contributed by atoms with Crippen molar-refractivity contribution >= 4 is 5.91 Å². The van der Waals surface area contributed by atoms with Crippen LogP contribution in [-0.4, -0.2) is 37.3 Å². The highest BCUT2D eigenvalue weighted by Crippen LogP contribution is 2.31. The summed E-state index contributed by atoms with van der Waals surface area (Å²) in [6, 6.07) is 1.86. The van der Waals surface area contributed by atoms with Crippen LogP contribution in [0.4, 0.5) is 0 Å². The second kappa shape index (κ2) is 7.37. The summed E-state index contributed by atoms with van der Waals surface area (Å²) in [6.45, 7) is 9.07. The maximum absolute atomic E-state index is 12.9. The smallest absolute Gasteiger partial charge is 0.249 e. The minimum Gasteiger partial charge on any atom is -0.337 e. The molecular weight excluding hydrogens is 318 g/mol. The van der Waals surface area contributed by atoms with Crippen molar-refractivity contribution in [2.75, 3.05) is 6.54 Å². The number of carbonyl (C=O) groups is 1. The number of carbonyl (C=O) groups excluding carboxylic acids is 1. The Morgan fingerprint density at radius 2 is 2.20 bits per heavy atom. The van der Waals surface area contributed by atoms with Crippen molar-refractivity contribution in [2.45, 2.75) is 71.9 Å². The van der Waals surface area contributed by atoms with Crippen LogP contribution in [0.5, 0.6) is 0 Å². The van der Waals surface area contributed by atoms with Crippen molar-refractivity contribution in [3.05, 3.63) is 29.2 Å². The maximum Gasteiger partial charge on any atom is 0.249 e. The number of hydrogen-bond donors (Lipinski definition) is 0. The lowest BCUT2D eigenvalue weighted by atomic mass is 10.0. The molecule has 7 nitrogen and oxygen atoms in total. The Kier molecular flexibility index (Phi) is 5.20. The molecule has 25 heavy (non-hydrogen) atoms. The van der Waals surface area contributed by atoms with Crippen molar-refractivity contribution in [3.63, 3.8) is 0 Å². The van der Waals surface area contributed by atoms with Crippen LogP contribution in [0.3, 0.4) is 0 Å². The van der Waals surface area contributed by atoms with E-state index < -0.39 is 0 Å². The van der Waals surface area contributed by atoms with Crippen molar-refractivity contribution in [2.24, 2.45) is 0 Å². The van der Waals surface area contributed by atoms with Crippen molar-refractivity contribution < 1.29 is 9.32 Å². The number of aryl methyl sites for hydroxylation is 2. The highest BCUT2D eigenvalue weighted by molar-refractivity contribution is 5.76. The van der Waals surface area contributed by atoms with Crippen LogP contribution in [0, 0.1) is 13.8 Å². The largest absolute Gasteiger partial charge is 0.337 e. The molecule has 0 aromatic carbocycles. The Labute approximate surface area is 148 Å². The van der Waals surface area contributed by atoms with E-state index in [9.17, 15) is 4.79 Å². The molecule has 136 valence electrons. The van der Waals surface area contributed by atoms with E-state index in [0.29, 0.717) is 5.89 Å². The molecule has 2 atom stereocenters. The van der Waals surface area contributed by atoms with Gasteiger partial charge in [0.2, 0.25) is 11.8 Å². The van der Waals surface area contributed by atoms with Gasteiger partial charge in [-0.25, -0.2) is 0 Å². The zero-order chi connectivity index (χ0) is 18.0. The van der Waals surface area contributed by atoms with Crippen LogP contribution in [0.15, 0.2) is 10.6 Å². The number of amides is 1. The standard InChI is InChI=1S/C18H27N5O2/c1-5-12(2)17-19-18(25-21-17)15-8-6-7-9-22(15)16(24)11-23-14(4)10-13(3)20-23/h10,12,15H,5-9,11H2,1-4H3. The maximum atomic E-state index is 12.9. The fraction of sp³-hybridized carbons (Fsp3) is 0.667. The van der Waals surface area contributed by atoms with Crippen LogP contribution in [-0.2, 0) is 11.3 Å². The van der Waals surface area contributed by atoms with Gasteiger partial charge in [-0.05, 0) is 45.6 Å². The normalized spacial score (nSPS) is 19.2. The fourth-order valence-corrected chi connectivity index (χ4v) is 3.31. The van der Waals surface area contributed by atoms with E-state index in [1.54, 1.807) is 4.68 Å². The average Bonchev–Trinajstić information content (AvgIpc) is 3.21. The van der Waals surface area contributed by atoms with Gasteiger partial charge in [0.25, 0.3) is 0 Å². The van der Waals surface area contributed by atoms with E-state index in [0.717, 1.165) is 49.4 Å². The molecule has 0 N–H and O–H groups in total. The highest BCUT2D eigenvalue weighted by atomic mass is 16.5. The monoisotopic (exact) mass is 345 g/mol. The second-order valence-corrected chi connectivity index (χ2v) is 6.98. The molecule has 1 fully saturated rings. The number of hydrogen-bond acceptors (Lipinski definition) is 5. The second-order valence-electron chi connectivity index (χ2n) is 6.98. The number of rotatable bonds is 5. The predicted octanol–water partition coefficient (Wildman–Crippen LogP) is 3.15. The van der Waals surface area contributed by atoms with Crippen LogP contribution < -0.4 is 0 Å². The Balaban J connectivity index is 1.77. The Morgan fingerprint density at radius 1 is 1.40 bits per heavy atom. The van der Waals surface area contributed by atoms with Crippen LogP contribution in [0.25, 0.3) is 0 Å². The molecule has 0 spiro atoms. The zero-order valence-electron chi connectivity index (χ0n) is 15.5. The van der Waals surface area contributed by atoms with Gasteiger partial charge in [-0.2, -0.15) is 10.1 Å². The molecule has 1 saturated heterocycles. The van der Waals surface area contributed by atoms with Gasteiger partial charge in [0, 0.05) is 18.2 Å². The van der Waals surface area contributed by atoms with E-state index in [1.165, 1.54) is 0 Å². The van der Waals surface area contributed by atoms with E-state index in [2.05, 4.69) is 29.1 Å². The molecule has 2 unspecified atom stereocenters. The van der Waals surface area contributed by atoms with Crippen LogP contribution in [0.2, 0.25) is 0 Å². The number of nitrogens with zero attached hydrogens (tertiary/aromatic N) is 5. The van der Waals surface area contributed by atoms with Gasteiger partial charge in [-0.1, -0.05) is 19.0 Å². The molecule has 2 aromatic rings. The lowest BCUT2D eigenvalue weighted by molar-refractivity contribution is -0.136. The molecule has 3 heterocycles. The minimum absolute atomic E-state index is 0.0548. The lowest BCUT2D eigenvalue weighted by Gasteiger charge is -2.33. The Hall–Kier alpha value is -2.18. The van der Waals surface area contributed by atoms with Crippen molar-refractivity contribution in [1.82, 2.24) is 24.8 Å². The quantitative estimate of drug-likeness (QED) is 0.832. The summed E-state index contributed by atoms with van der Waals surface area (Å²) in [4.78, 5) is 19.3. The summed E-state index contributed by atoms with van der Waals surface area (Å²) in [5.41, 5.74) is 1.92. The molecule has 1 aliphatic heterocycles. The molecular formula is C18H27N5O2. The van der Waals surface area contributed by atoms with E-state index in [4.69, 9.17) is 4.52 Å². The van der Waals surface area contributed by atoms with Crippen molar-refractivity contribution in [1.29, 1.82) is 0 Å². The number of likely N-dealkylation sites (tertiary alicyclic amines) is 1. The first-order valence-corrected chi connectivity index (χ1v) is 9.13. The molecule has 0 bridgehead atoms. The minimum atomic E-state index is -0.122. The first-order valence-electron chi connectivity index (χ1n) is 9.13.